The van der Waals surface area contributed by atoms with Crippen LogP contribution in [0.25, 0.3) is 0 Å². The largest absolute Gasteiger partial charge is 0.314 e. The molecule has 1 aliphatic heterocycles. The summed E-state index contributed by atoms with van der Waals surface area (Å²) in [6, 6.07) is 0.924. The van der Waals surface area contributed by atoms with E-state index in [1.807, 2.05) is 0 Å². The van der Waals surface area contributed by atoms with Crippen molar-refractivity contribution in [1.82, 2.24) is 5.32 Å². The molecule has 1 atom stereocenters. The average molecular weight is 125 g/mol. The minimum Gasteiger partial charge on any atom is -0.314 e. The van der Waals surface area contributed by atoms with Crippen molar-refractivity contribution in [2.45, 2.75) is 38.1 Å². The Bertz CT molecular complexity index is 90.7. The second-order valence-corrected chi connectivity index (χ2v) is 3.39. The van der Waals surface area contributed by atoms with Crippen LogP contribution in [0.4, 0.5) is 0 Å². The first-order valence-corrected chi connectivity index (χ1v) is 4.20. The maximum absolute atomic E-state index is 3.49. The Balaban J connectivity index is 1.82. The van der Waals surface area contributed by atoms with Crippen molar-refractivity contribution in [2.75, 3.05) is 6.54 Å². The van der Waals surface area contributed by atoms with E-state index in [0.717, 1.165) is 12.0 Å². The molecule has 1 saturated carbocycles. The zero-order valence-electron chi connectivity index (χ0n) is 5.90. The molecule has 2 fully saturated rings. The Morgan fingerprint density at radius 1 is 1.00 bits per heavy atom. The van der Waals surface area contributed by atoms with Gasteiger partial charge in [0.05, 0.1) is 0 Å². The highest BCUT2D eigenvalue weighted by molar-refractivity contribution is 4.86. The van der Waals surface area contributed by atoms with E-state index in [4.69, 9.17) is 0 Å². The number of rotatable bonds is 1. The minimum atomic E-state index is 0.924. The Morgan fingerprint density at radius 3 is 2.11 bits per heavy atom. The van der Waals surface area contributed by atoms with Gasteiger partial charge in [0.1, 0.15) is 0 Å². The summed E-state index contributed by atoms with van der Waals surface area (Å²) in [5, 5.41) is 3.49. The third-order valence-corrected chi connectivity index (χ3v) is 2.83. The van der Waals surface area contributed by atoms with E-state index in [-0.39, 0.29) is 0 Å². The van der Waals surface area contributed by atoms with E-state index in [1.165, 1.54) is 38.6 Å². The van der Waals surface area contributed by atoms with Gasteiger partial charge >= 0.3 is 0 Å². The van der Waals surface area contributed by atoms with Crippen molar-refractivity contribution in [3.05, 3.63) is 0 Å². The number of hydrogen-bond donors (Lipinski definition) is 1. The fourth-order valence-corrected chi connectivity index (χ4v) is 2.07. The maximum Gasteiger partial charge on any atom is 0.0107 e. The summed E-state index contributed by atoms with van der Waals surface area (Å²) in [7, 11) is 0. The Labute approximate surface area is 56.8 Å². The summed E-state index contributed by atoms with van der Waals surface area (Å²) in [5.74, 6) is 1.05. The Morgan fingerprint density at radius 2 is 1.67 bits per heavy atom. The highest BCUT2D eigenvalue weighted by Gasteiger charge is 2.28. The van der Waals surface area contributed by atoms with Gasteiger partial charge in [-0.05, 0) is 31.7 Å². The second kappa shape index (κ2) is 2.30. The lowest BCUT2D eigenvalue weighted by Crippen LogP contribution is -2.47. The lowest BCUT2D eigenvalue weighted by molar-refractivity contribution is 0.264. The predicted molar refractivity (Wildman–Crippen MR) is 38.4 cm³/mol. The molecule has 0 radical (unpaired) electrons. The fraction of sp³-hybridized carbons (Fsp3) is 1.00. The van der Waals surface area contributed by atoms with Crippen LogP contribution in [-0.2, 0) is 0 Å². The van der Waals surface area contributed by atoms with Crippen molar-refractivity contribution in [3.8, 4) is 0 Å². The van der Waals surface area contributed by atoms with Crippen molar-refractivity contribution in [1.29, 1.82) is 0 Å². The van der Waals surface area contributed by atoms with Crippen molar-refractivity contribution in [2.24, 2.45) is 5.92 Å². The van der Waals surface area contributed by atoms with E-state index >= 15 is 0 Å². The molecule has 2 rings (SSSR count). The molecule has 1 nitrogen and oxygen atoms in total. The quantitative estimate of drug-likeness (QED) is 0.560. The first-order chi connectivity index (χ1) is 4.47. The molecule has 0 amide bonds. The van der Waals surface area contributed by atoms with Gasteiger partial charge in [-0.1, -0.05) is 12.8 Å². The summed E-state index contributed by atoms with van der Waals surface area (Å²) < 4.78 is 0. The van der Waals surface area contributed by atoms with Crippen LogP contribution < -0.4 is 5.32 Å². The molecule has 1 N–H and O–H groups in total. The van der Waals surface area contributed by atoms with E-state index in [2.05, 4.69) is 5.32 Å². The van der Waals surface area contributed by atoms with E-state index in [1.54, 1.807) is 0 Å². The van der Waals surface area contributed by atoms with Crippen LogP contribution >= 0.6 is 0 Å². The van der Waals surface area contributed by atoms with Crippen molar-refractivity contribution in [3.63, 3.8) is 0 Å². The van der Waals surface area contributed by atoms with Crippen LogP contribution in [0.2, 0.25) is 0 Å². The third-order valence-electron chi connectivity index (χ3n) is 2.83. The molecule has 0 bridgehead atoms. The smallest absolute Gasteiger partial charge is 0.0107 e. The second-order valence-electron chi connectivity index (χ2n) is 3.39. The van der Waals surface area contributed by atoms with E-state index in [9.17, 15) is 0 Å². The van der Waals surface area contributed by atoms with Crippen LogP contribution in [0.1, 0.15) is 32.1 Å². The SMILES string of the molecule is C1CCC(C2CCN2)C1. The molecule has 0 spiro atoms. The lowest BCUT2D eigenvalue weighted by Gasteiger charge is -2.32. The van der Waals surface area contributed by atoms with E-state index in [0.29, 0.717) is 0 Å². The van der Waals surface area contributed by atoms with Crippen molar-refractivity contribution < 1.29 is 0 Å². The summed E-state index contributed by atoms with van der Waals surface area (Å²) in [6.07, 6.45) is 7.42. The fourth-order valence-electron chi connectivity index (χ4n) is 2.07. The third kappa shape index (κ3) is 0.983. The molecule has 0 aromatic carbocycles. The Hall–Kier alpha value is -0.0400. The molecule has 9 heavy (non-hydrogen) atoms. The van der Waals surface area contributed by atoms with Gasteiger partial charge in [-0.25, -0.2) is 0 Å². The minimum absolute atomic E-state index is 0.924. The average Bonchev–Trinajstić information content (AvgIpc) is 2.11. The monoisotopic (exact) mass is 125 g/mol. The molecular formula is C8H15N. The van der Waals surface area contributed by atoms with Gasteiger partial charge in [0.2, 0.25) is 0 Å². The van der Waals surface area contributed by atoms with Crippen LogP contribution in [0.3, 0.4) is 0 Å². The highest BCUT2D eigenvalue weighted by Crippen LogP contribution is 2.30. The summed E-state index contributed by atoms with van der Waals surface area (Å²) in [4.78, 5) is 0. The Kier molecular flexibility index (Phi) is 1.46. The van der Waals surface area contributed by atoms with Crippen LogP contribution in [-0.4, -0.2) is 12.6 Å². The molecule has 1 aliphatic carbocycles. The molecule has 0 aromatic rings. The molecule has 0 aromatic heterocycles. The van der Waals surface area contributed by atoms with Crippen molar-refractivity contribution >= 4 is 0 Å². The van der Waals surface area contributed by atoms with Gasteiger partial charge in [-0.3, -0.25) is 0 Å². The van der Waals surface area contributed by atoms with Crippen LogP contribution in [0.5, 0.6) is 0 Å². The molecule has 1 heterocycles. The molecular weight excluding hydrogens is 110 g/mol. The summed E-state index contributed by atoms with van der Waals surface area (Å²) in [5.41, 5.74) is 0. The zero-order chi connectivity index (χ0) is 6.10. The standard InChI is InChI=1S/C8H15N/c1-2-4-7(3-1)8-5-6-9-8/h7-9H,1-6H2. The number of nitrogens with one attached hydrogen (secondary N) is 1. The van der Waals surface area contributed by atoms with Gasteiger partial charge in [0.15, 0.2) is 0 Å². The normalized spacial score (nSPS) is 36.7. The van der Waals surface area contributed by atoms with Gasteiger partial charge in [0, 0.05) is 6.04 Å². The molecule has 1 unspecified atom stereocenters. The van der Waals surface area contributed by atoms with Gasteiger partial charge in [0.25, 0.3) is 0 Å². The van der Waals surface area contributed by atoms with Gasteiger partial charge in [-0.15, -0.1) is 0 Å². The van der Waals surface area contributed by atoms with Crippen LogP contribution in [0.15, 0.2) is 0 Å². The maximum atomic E-state index is 3.49. The topological polar surface area (TPSA) is 12.0 Å². The number of hydrogen-bond acceptors (Lipinski definition) is 1. The van der Waals surface area contributed by atoms with E-state index < -0.39 is 0 Å². The molecule has 52 valence electrons. The summed E-state index contributed by atoms with van der Waals surface area (Å²) in [6.45, 7) is 1.28. The zero-order valence-corrected chi connectivity index (χ0v) is 5.90. The molecule has 1 saturated heterocycles. The molecule has 1 heteroatoms. The van der Waals surface area contributed by atoms with Crippen LogP contribution in [0, 0.1) is 5.92 Å². The lowest BCUT2D eigenvalue weighted by atomic mass is 9.91. The molecule has 2 aliphatic rings. The summed E-state index contributed by atoms with van der Waals surface area (Å²) >= 11 is 0. The first kappa shape index (κ1) is 5.72. The van der Waals surface area contributed by atoms with Gasteiger partial charge < -0.3 is 5.32 Å². The highest BCUT2D eigenvalue weighted by atomic mass is 15.0. The first-order valence-electron chi connectivity index (χ1n) is 4.20. The predicted octanol–water partition coefficient (Wildman–Crippen LogP) is 1.54. The van der Waals surface area contributed by atoms with Gasteiger partial charge in [-0.2, -0.15) is 0 Å².